The maximum absolute atomic E-state index is 11.9. The van der Waals surface area contributed by atoms with Gasteiger partial charge in [0.05, 0.1) is 11.7 Å². The predicted molar refractivity (Wildman–Crippen MR) is 67.8 cm³/mol. The third kappa shape index (κ3) is 1.02. The summed E-state index contributed by atoms with van der Waals surface area (Å²) in [5, 5.41) is 21.5. The number of ketones is 1. The van der Waals surface area contributed by atoms with E-state index in [2.05, 4.69) is 0 Å². The molecule has 4 atom stereocenters. The second-order valence-electron chi connectivity index (χ2n) is 6.95. The molecule has 3 aliphatic rings. The van der Waals surface area contributed by atoms with Gasteiger partial charge in [0.15, 0.2) is 5.78 Å². The van der Waals surface area contributed by atoms with Gasteiger partial charge in [0.25, 0.3) is 0 Å². The van der Waals surface area contributed by atoms with E-state index in [1.807, 2.05) is 33.8 Å². The molecule has 0 aromatic rings. The van der Waals surface area contributed by atoms with Crippen LogP contribution in [0, 0.1) is 16.7 Å². The summed E-state index contributed by atoms with van der Waals surface area (Å²) in [5.74, 6) is -0.150. The summed E-state index contributed by atoms with van der Waals surface area (Å²) < 4.78 is 0. The fourth-order valence-corrected chi connectivity index (χ4v) is 4.11. The van der Waals surface area contributed by atoms with Crippen molar-refractivity contribution in [3.8, 4) is 0 Å². The van der Waals surface area contributed by atoms with Crippen LogP contribution in [0.15, 0.2) is 23.3 Å². The van der Waals surface area contributed by atoms with Gasteiger partial charge in [-0.1, -0.05) is 33.8 Å². The number of hydrogen-bond donors (Lipinski definition) is 2. The van der Waals surface area contributed by atoms with E-state index in [9.17, 15) is 15.0 Å². The molecule has 0 spiro atoms. The Bertz CT molecular complexity index is 514. The first kappa shape index (κ1) is 12.1. The molecule has 18 heavy (non-hydrogen) atoms. The Morgan fingerprint density at radius 2 is 1.89 bits per heavy atom. The van der Waals surface area contributed by atoms with Crippen LogP contribution in [0.3, 0.4) is 0 Å². The number of allylic oxidation sites excluding steroid dienone is 2. The fraction of sp³-hybridized carbons (Fsp3) is 0.667. The van der Waals surface area contributed by atoms with Crippen molar-refractivity contribution in [2.75, 3.05) is 0 Å². The molecule has 0 unspecified atom stereocenters. The van der Waals surface area contributed by atoms with Crippen molar-refractivity contribution in [1.29, 1.82) is 0 Å². The molecule has 0 bridgehead atoms. The van der Waals surface area contributed by atoms with Gasteiger partial charge in [-0.2, -0.15) is 0 Å². The Morgan fingerprint density at radius 1 is 1.28 bits per heavy atom. The predicted octanol–water partition coefficient (Wildman–Crippen LogP) is 1.60. The topological polar surface area (TPSA) is 57.5 Å². The molecule has 1 saturated carbocycles. The van der Waals surface area contributed by atoms with E-state index in [0.29, 0.717) is 12.0 Å². The summed E-state index contributed by atoms with van der Waals surface area (Å²) in [6.45, 7) is 7.75. The number of rotatable bonds is 0. The number of hydrogen-bond acceptors (Lipinski definition) is 3. The zero-order valence-corrected chi connectivity index (χ0v) is 11.3. The number of aliphatic hydroxyl groups excluding tert-OH is 1. The SMILES string of the molecule is C[C@H]1C(=O)C=C2C=C3[C@@H](O)C(C)(C)C[C@@]3(O)[C@@]21C. The van der Waals surface area contributed by atoms with E-state index in [1.54, 1.807) is 6.08 Å². The Balaban J connectivity index is 2.20. The van der Waals surface area contributed by atoms with Crippen LogP contribution in [0.4, 0.5) is 0 Å². The molecule has 0 saturated heterocycles. The maximum Gasteiger partial charge on any atom is 0.159 e. The molecule has 0 radical (unpaired) electrons. The number of fused-ring (bicyclic) bond motifs is 3. The highest BCUT2D eigenvalue weighted by molar-refractivity contribution is 5.98. The first-order chi connectivity index (χ1) is 8.14. The molecule has 3 nitrogen and oxygen atoms in total. The van der Waals surface area contributed by atoms with Gasteiger partial charge in [-0.15, -0.1) is 0 Å². The molecular formula is C15H20O3. The first-order valence-electron chi connectivity index (χ1n) is 6.53. The van der Waals surface area contributed by atoms with Crippen LogP contribution >= 0.6 is 0 Å². The van der Waals surface area contributed by atoms with E-state index in [0.717, 1.165) is 5.57 Å². The highest BCUT2D eigenvalue weighted by Gasteiger charge is 2.68. The van der Waals surface area contributed by atoms with Crippen LogP contribution < -0.4 is 0 Å². The lowest BCUT2D eigenvalue weighted by molar-refractivity contribution is -0.124. The van der Waals surface area contributed by atoms with E-state index < -0.39 is 17.1 Å². The molecule has 3 heteroatoms. The van der Waals surface area contributed by atoms with Crippen molar-refractivity contribution in [2.45, 2.75) is 45.8 Å². The molecule has 0 aromatic carbocycles. The average Bonchev–Trinajstić information content (AvgIpc) is 2.68. The normalized spacial score (nSPS) is 48.9. The van der Waals surface area contributed by atoms with Crippen molar-refractivity contribution in [3.05, 3.63) is 23.3 Å². The molecule has 0 amide bonds. The van der Waals surface area contributed by atoms with Gasteiger partial charge in [-0.3, -0.25) is 4.79 Å². The number of aliphatic hydroxyl groups is 2. The van der Waals surface area contributed by atoms with Gasteiger partial charge in [0.1, 0.15) is 0 Å². The summed E-state index contributed by atoms with van der Waals surface area (Å²) >= 11 is 0. The molecule has 3 aliphatic carbocycles. The van der Waals surface area contributed by atoms with E-state index >= 15 is 0 Å². The second-order valence-corrected chi connectivity index (χ2v) is 6.95. The largest absolute Gasteiger partial charge is 0.388 e. The van der Waals surface area contributed by atoms with Crippen molar-refractivity contribution >= 4 is 5.78 Å². The summed E-state index contributed by atoms with van der Waals surface area (Å²) in [6.07, 6.45) is 3.35. The fourth-order valence-electron chi connectivity index (χ4n) is 4.11. The highest BCUT2D eigenvalue weighted by atomic mass is 16.3. The highest BCUT2D eigenvalue weighted by Crippen LogP contribution is 2.65. The lowest BCUT2D eigenvalue weighted by Crippen LogP contribution is -2.47. The lowest BCUT2D eigenvalue weighted by Gasteiger charge is -2.41. The van der Waals surface area contributed by atoms with Gasteiger partial charge in [0.2, 0.25) is 0 Å². The van der Waals surface area contributed by atoms with Crippen molar-refractivity contribution in [2.24, 2.45) is 16.7 Å². The molecule has 2 N–H and O–H groups in total. The Labute approximate surface area is 107 Å². The van der Waals surface area contributed by atoms with Crippen LogP contribution in [0.2, 0.25) is 0 Å². The lowest BCUT2D eigenvalue weighted by atomic mass is 9.65. The molecular weight excluding hydrogens is 228 g/mol. The summed E-state index contributed by atoms with van der Waals surface area (Å²) in [6, 6.07) is 0. The van der Waals surface area contributed by atoms with E-state index in [1.165, 1.54) is 0 Å². The Hall–Kier alpha value is -0.930. The minimum Gasteiger partial charge on any atom is -0.388 e. The van der Waals surface area contributed by atoms with Gasteiger partial charge < -0.3 is 10.2 Å². The average molecular weight is 248 g/mol. The molecule has 98 valence electrons. The zero-order valence-electron chi connectivity index (χ0n) is 11.3. The molecule has 3 rings (SSSR count). The Kier molecular flexibility index (Phi) is 2.00. The smallest absolute Gasteiger partial charge is 0.159 e. The van der Waals surface area contributed by atoms with Gasteiger partial charge in [-0.25, -0.2) is 0 Å². The first-order valence-corrected chi connectivity index (χ1v) is 6.53. The molecule has 0 heterocycles. The minimum absolute atomic E-state index is 0.0791. The third-order valence-electron chi connectivity index (χ3n) is 5.58. The van der Waals surface area contributed by atoms with Crippen molar-refractivity contribution < 1.29 is 15.0 Å². The van der Waals surface area contributed by atoms with E-state index in [-0.39, 0.29) is 17.1 Å². The monoisotopic (exact) mass is 248 g/mol. The van der Waals surface area contributed by atoms with Crippen LogP contribution in [0.5, 0.6) is 0 Å². The maximum atomic E-state index is 11.9. The van der Waals surface area contributed by atoms with Gasteiger partial charge >= 0.3 is 0 Å². The quantitative estimate of drug-likeness (QED) is 0.684. The van der Waals surface area contributed by atoms with Crippen LogP contribution in [-0.4, -0.2) is 27.7 Å². The summed E-state index contributed by atoms with van der Waals surface area (Å²) in [7, 11) is 0. The third-order valence-corrected chi connectivity index (χ3v) is 5.58. The Morgan fingerprint density at radius 3 is 2.50 bits per heavy atom. The van der Waals surface area contributed by atoms with Crippen LogP contribution in [0.1, 0.15) is 34.1 Å². The van der Waals surface area contributed by atoms with E-state index in [4.69, 9.17) is 0 Å². The van der Waals surface area contributed by atoms with Gasteiger partial charge in [0, 0.05) is 11.3 Å². The minimum atomic E-state index is -1.08. The standard InChI is InChI=1S/C15H20O3/c1-8-11(16)6-9-5-10-12(17)13(2,3)7-15(10,18)14(8,9)4/h5-6,8,12,17-18H,7H2,1-4H3/t8-,12+,14+,15-/m0/s1. The molecule has 0 aliphatic heterocycles. The summed E-state index contributed by atoms with van der Waals surface area (Å²) in [4.78, 5) is 11.9. The summed E-state index contributed by atoms with van der Waals surface area (Å²) in [5.41, 5.74) is -0.422. The molecule has 0 aromatic heterocycles. The van der Waals surface area contributed by atoms with Gasteiger partial charge in [-0.05, 0) is 29.1 Å². The van der Waals surface area contributed by atoms with Crippen LogP contribution in [-0.2, 0) is 4.79 Å². The van der Waals surface area contributed by atoms with Crippen molar-refractivity contribution in [3.63, 3.8) is 0 Å². The van der Waals surface area contributed by atoms with Crippen LogP contribution in [0.25, 0.3) is 0 Å². The second kappa shape index (κ2) is 2.97. The number of carbonyl (C=O) groups excluding carboxylic acids is 1. The zero-order chi connectivity index (χ0) is 13.5. The van der Waals surface area contributed by atoms with Crippen molar-refractivity contribution in [1.82, 2.24) is 0 Å². The molecule has 1 fully saturated rings. The number of carbonyl (C=O) groups is 1.